The molecule has 0 aromatic carbocycles. The van der Waals surface area contributed by atoms with Gasteiger partial charge >= 0.3 is 0 Å². The van der Waals surface area contributed by atoms with E-state index >= 15 is 0 Å². The molecule has 0 amide bonds. The fourth-order valence-electron chi connectivity index (χ4n) is 1.73. The van der Waals surface area contributed by atoms with E-state index < -0.39 is 0 Å². The molecule has 0 fully saturated rings. The van der Waals surface area contributed by atoms with Crippen LogP contribution >= 0.6 is 0 Å². The fourth-order valence-corrected chi connectivity index (χ4v) is 1.73. The molecule has 0 aliphatic heterocycles. The monoisotopic (exact) mass is 231 g/mol. The maximum atomic E-state index is 5.59. The molecule has 2 heterocycles. The maximum Gasteiger partial charge on any atom is 0.110 e. The molecular formula is C12H17N5. The van der Waals surface area contributed by atoms with Gasteiger partial charge in [-0.1, -0.05) is 6.07 Å². The van der Waals surface area contributed by atoms with Crippen LogP contribution in [0.1, 0.15) is 23.1 Å². The molecule has 0 saturated heterocycles. The second-order valence-corrected chi connectivity index (χ2v) is 4.11. The second kappa shape index (κ2) is 5.07. The van der Waals surface area contributed by atoms with Gasteiger partial charge in [0, 0.05) is 37.8 Å². The predicted octanol–water partition coefficient (Wildman–Crippen LogP) is 0.871. The molecule has 5 heteroatoms. The lowest BCUT2D eigenvalue weighted by Gasteiger charge is -2.15. The first-order chi connectivity index (χ1) is 8.20. The van der Waals surface area contributed by atoms with Gasteiger partial charge in [-0.2, -0.15) is 0 Å². The minimum absolute atomic E-state index is 0.0317. The largest absolute Gasteiger partial charge is 0.338 e. The average molecular weight is 231 g/mol. The number of hydrazine groups is 1. The van der Waals surface area contributed by atoms with Crippen molar-refractivity contribution >= 4 is 0 Å². The van der Waals surface area contributed by atoms with E-state index in [2.05, 4.69) is 15.4 Å². The molecule has 0 saturated carbocycles. The van der Waals surface area contributed by atoms with Crippen LogP contribution < -0.4 is 11.3 Å². The molecule has 0 aliphatic rings. The number of pyridine rings is 1. The van der Waals surface area contributed by atoms with E-state index in [9.17, 15) is 0 Å². The number of aryl methyl sites for hydroxylation is 2. The highest BCUT2D eigenvalue weighted by Crippen LogP contribution is 2.15. The Morgan fingerprint density at radius 3 is 2.76 bits per heavy atom. The van der Waals surface area contributed by atoms with Gasteiger partial charge in [-0.05, 0) is 18.6 Å². The summed E-state index contributed by atoms with van der Waals surface area (Å²) in [6, 6.07) is 4.05. The number of rotatable bonds is 4. The Kier molecular flexibility index (Phi) is 3.51. The molecule has 90 valence electrons. The average Bonchev–Trinajstić information content (AvgIpc) is 2.73. The van der Waals surface area contributed by atoms with E-state index in [1.54, 1.807) is 6.20 Å². The second-order valence-electron chi connectivity index (χ2n) is 4.11. The lowest BCUT2D eigenvalue weighted by Crippen LogP contribution is -2.30. The summed E-state index contributed by atoms with van der Waals surface area (Å²) < 4.78 is 1.99. The van der Waals surface area contributed by atoms with E-state index in [4.69, 9.17) is 5.84 Å². The van der Waals surface area contributed by atoms with Crippen molar-refractivity contribution in [1.82, 2.24) is 20.0 Å². The number of aromatic nitrogens is 3. The summed E-state index contributed by atoms with van der Waals surface area (Å²) in [5.74, 6) is 6.59. The summed E-state index contributed by atoms with van der Waals surface area (Å²) >= 11 is 0. The molecule has 5 nitrogen and oxygen atoms in total. The van der Waals surface area contributed by atoms with Crippen LogP contribution in [0.3, 0.4) is 0 Å². The van der Waals surface area contributed by atoms with Crippen LogP contribution in [-0.2, 0) is 13.5 Å². The van der Waals surface area contributed by atoms with Gasteiger partial charge in [-0.25, -0.2) is 4.98 Å². The smallest absolute Gasteiger partial charge is 0.110 e. The van der Waals surface area contributed by atoms with Crippen LogP contribution in [0.5, 0.6) is 0 Å². The van der Waals surface area contributed by atoms with Crippen LogP contribution in [0.2, 0.25) is 0 Å². The molecule has 2 rings (SSSR count). The predicted molar refractivity (Wildman–Crippen MR) is 66.0 cm³/mol. The molecule has 0 aliphatic carbocycles. The molecule has 0 radical (unpaired) electrons. The summed E-state index contributed by atoms with van der Waals surface area (Å²) in [4.78, 5) is 8.57. The summed E-state index contributed by atoms with van der Waals surface area (Å²) in [6.45, 7) is 1.97. The van der Waals surface area contributed by atoms with Gasteiger partial charge in [-0.3, -0.25) is 16.3 Å². The Hall–Kier alpha value is -1.72. The van der Waals surface area contributed by atoms with Gasteiger partial charge in [0.1, 0.15) is 5.82 Å². The van der Waals surface area contributed by atoms with Crippen LogP contribution in [0.4, 0.5) is 0 Å². The van der Waals surface area contributed by atoms with Gasteiger partial charge in [0.15, 0.2) is 0 Å². The van der Waals surface area contributed by atoms with Gasteiger partial charge < -0.3 is 4.57 Å². The lowest BCUT2D eigenvalue weighted by molar-refractivity contribution is 0.528. The zero-order valence-corrected chi connectivity index (χ0v) is 10.1. The molecule has 2 aromatic rings. The van der Waals surface area contributed by atoms with Gasteiger partial charge in [0.05, 0.1) is 6.04 Å². The van der Waals surface area contributed by atoms with Crippen molar-refractivity contribution in [3.8, 4) is 0 Å². The lowest BCUT2D eigenvalue weighted by atomic mass is 10.1. The SMILES string of the molecule is Cc1ccc(C(Cc2nccn2C)NN)cn1. The van der Waals surface area contributed by atoms with Crippen molar-refractivity contribution in [2.45, 2.75) is 19.4 Å². The third-order valence-corrected chi connectivity index (χ3v) is 2.85. The van der Waals surface area contributed by atoms with E-state index in [1.807, 2.05) is 43.1 Å². The standard InChI is InChI=1S/C12H17N5/c1-9-3-4-10(8-15-9)11(16-13)7-12-14-5-6-17(12)2/h3-6,8,11,16H,7,13H2,1-2H3. The van der Waals surface area contributed by atoms with Crippen molar-refractivity contribution < 1.29 is 0 Å². The fraction of sp³-hybridized carbons (Fsp3) is 0.333. The van der Waals surface area contributed by atoms with Crippen LogP contribution in [-0.4, -0.2) is 14.5 Å². The number of nitrogens with two attached hydrogens (primary N) is 1. The third kappa shape index (κ3) is 2.69. The molecule has 17 heavy (non-hydrogen) atoms. The Labute approximate surface area is 101 Å². The Balaban J connectivity index is 2.17. The number of nitrogens with one attached hydrogen (secondary N) is 1. The summed E-state index contributed by atoms with van der Waals surface area (Å²) in [7, 11) is 1.98. The highest BCUT2D eigenvalue weighted by Gasteiger charge is 2.13. The minimum atomic E-state index is 0.0317. The summed E-state index contributed by atoms with van der Waals surface area (Å²) in [6.07, 6.45) is 6.31. The van der Waals surface area contributed by atoms with E-state index in [1.165, 1.54) is 0 Å². The van der Waals surface area contributed by atoms with Crippen LogP contribution in [0.25, 0.3) is 0 Å². The van der Waals surface area contributed by atoms with Crippen LogP contribution in [0.15, 0.2) is 30.7 Å². The number of hydrogen-bond acceptors (Lipinski definition) is 4. The highest BCUT2D eigenvalue weighted by molar-refractivity contribution is 5.18. The van der Waals surface area contributed by atoms with Crippen molar-refractivity contribution in [2.24, 2.45) is 12.9 Å². The molecular weight excluding hydrogens is 214 g/mol. The van der Waals surface area contributed by atoms with Crippen molar-refractivity contribution in [2.75, 3.05) is 0 Å². The van der Waals surface area contributed by atoms with E-state index in [0.717, 1.165) is 23.5 Å². The molecule has 1 unspecified atom stereocenters. The van der Waals surface area contributed by atoms with E-state index in [0.29, 0.717) is 0 Å². The van der Waals surface area contributed by atoms with Crippen molar-refractivity contribution in [3.63, 3.8) is 0 Å². The number of imidazole rings is 1. The topological polar surface area (TPSA) is 68.8 Å². The van der Waals surface area contributed by atoms with Crippen molar-refractivity contribution in [3.05, 3.63) is 47.8 Å². The Bertz CT molecular complexity index is 474. The summed E-state index contributed by atoms with van der Waals surface area (Å²) in [5.41, 5.74) is 4.88. The van der Waals surface area contributed by atoms with Gasteiger partial charge in [0.25, 0.3) is 0 Å². The molecule has 2 aromatic heterocycles. The zero-order chi connectivity index (χ0) is 12.3. The number of nitrogens with zero attached hydrogens (tertiary/aromatic N) is 3. The Morgan fingerprint density at radius 2 is 2.24 bits per heavy atom. The van der Waals surface area contributed by atoms with Crippen molar-refractivity contribution in [1.29, 1.82) is 0 Å². The first-order valence-corrected chi connectivity index (χ1v) is 5.55. The quantitative estimate of drug-likeness (QED) is 0.605. The summed E-state index contributed by atoms with van der Waals surface area (Å²) in [5, 5.41) is 0. The molecule has 0 bridgehead atoms. The molecule has 0 spiro atoms. The van der Waals surface area contributed by atoms with E-state index in [-0.39, 0.29) is 6.04 Å². The normalized spacial score (nSPS) is 12.6. The first-order valence-electron chi connectivity index (χ1n) is 5.55. The highest BCUT2D eigenvalue weighted by atomic mass is 15.2. The maximum absolute atomic E-state index is 5.59. The van der Waals surface area contributed by atoms with Crippen LogP contribution in [0, 0.1) is 6.92 Å². The molecule has 3 N–H and O–H groups in total. The third-order valence-electron chi connectivity index (χ3n) is 2.85. The Morgan fingerprint density at radius 1 is 1.41 bits per heavy atom. The minimum Gasteiger partial charge on any atom is -0.338 e. The zero-order valence-electron chi connectivity index (χ0n) is 10.1. The van der Waals surface area contributed by atoms with Gasteiger partial charge in [-0.15, -0.1) is 0 Å². The first kappa shape index (κ1) is 11.8. The molecule has 1 atom stereocenters. The van der Waals surface area contributed by atoms with Gasteiger partial charge in [0.2, 0.25) is 0 Å². The number of hydrogen-bond donors (Lipinski definition) is 2.